The Bertz CT molecular complexity index is 1570. The van der Waals surface area contributed by atoms with Gasteiger partial charge in [-0.05, 0) is 12.5 Å². The lowest BCUT2D eigenvalue weighted by Gasteiger charge is -2.49. The highest BCUT2D eigenvalue weighted by atomic mass is 32.2. The Morgan fingerprint density at radius 3 is 2.64 bits per heavy atom. The van der Waals surface area contributed by atoms with Gasteiger partial charge in [-0.15, -0.1) is 11.8 Å². The normalized spacial score (nSPS) is 20.4. The SMILES string of the molecule is CC(=O)OCC1=C(C(=O)O)N2C(=O)C(NC(=O)C(NC(=O)N3CCN(N=Cc4cc(C)on4)C3=O)c3ccccc3)[C@@H]2SC1. The van der Waals surface area contributed by atoms with Crippen molar-refractivity contribution < 1.29 is 43.1 Å². The van der Waals surface area contributed by atoms with Crippen molar-refractivity contribution in [2.75, 3.05) is 25.4 Å². The van der Waals surface area contributed by atoms with Crippen LogP contribution < -0.4 is 10.6 Å². The van der Waals surface area contributed by atoms with Gasteiger partial charge in [-0.1, -0.05) is 35.5 Å². The van der Waals surface area contributed by atoms with Gasteiger partial charge in [0.1, 0.15) is 41.2 Å². The molecule has 3 N–H and O–H groups in total. The van der Waals surface area contributed by atoms with Crippen LogP contribution in [0.15, 0.2) is 57.3 Å². The standard InChI is InChI=1S/C27H27N7O9S/c1-14-10-18(31-43-14)11-28-33-9-8-32(27(33)41)26(40)30-19(16-6-4-3-5-7-16)22(36)29-20-23(37)34-21(25(38)39)17(12-42-15(2)35)13-44-24(20)34/h3-7,10-11,19-20,24H,8-9,12-13H2,1-2H3,(H,29,36)(H,30,40)(H,38,39)/t19?,20?,24-/m0/s1. The Morgan fingerprint density at radius 2 is 1.98 bits per heavy atom. The van der Waals surface area contributed by atoms with Gasteiger partial charge in [-0.2, -0.15) is 5.10 Å². The second-order valence-corrected chi connectivity index (χ2v) is 11.0. The first kappa shape index (κ1) is 30.3. The van der Waals surface area contributed by atoms with E-state index in [0.29, 0.717) is 17.0 Å². The van der Waals surface area contributed by atoms with Crippen molar-refractivity contribution in [1.29, 1.82) is 0 Å². The molecule has 3 atom stereocenters. The second kappa shape index (κ2) is 12.6. The number of β-lactam (4-membered cyclic amide) rings is 1. The molecule has 0 spiro atoms. The highest BCUT2D eigenvalue weighted by Crippen LogP contribution is 2.40. The molecule has 3 aliphatic rings. The lowest BCUT2D eigenvalue weighted by atomic mass is 10.0. The van der Waals surface area contributed by atoms with E-state index >= 15 is 0 Å². The molecule has 0 radical (unpaired) electrons. The van der Waals surface area contributed by atoms with Crippen LogP contribution >= 0.6 is 11.8 Å². The van der Waals surface area contributed by atoms with Gasteiger partial charge in [0.15, 0.2) is 0 Å². The summed E-state index contributed by atoms with van der Waals surface area (Å²) in [5, 5.41) is 23.1. The molecule has 6 amide bonds. The zero-order chi connectivity index (χ0) is 31.5. The number of amides is 6. The molecule has 44 heavy (non-hydrogen) atoms. The summed E-state index contributed by atoms with van der Waals surface area (Å²) in [6, 6.07) is 5.91. The molecule has 0 saturated carbocycles. The summed E-state index contributed by atoms with van der Waals surface area (Å²) in [6.45, 7) is 2.71. The summed E-state index contributed by atoms with van der Waals surface area (Å²) < 4.78 is 9.90. The van der Waals surface area contributed by atoms with Crippen LogP contribution in [0.2, 0.25) is 0 Å². The molecular weight excluding hydrogens is 598 g/mol. The monoisotopic (exact) mass is 625 g/mol. The number of urea groups is 2. The van der Waals surface area contributed by atoms with Crippen molar-refractivity contribution in [3.63, 3.8) is 0 Å². The first-order valence-corrected chi connectivity index (χ1v) is 14.4. The number of hydrogen-bond acceptors (Lipinski definition) is 11. The Balaban J connectivity index is 1.27. The second-order valence-electron chi connectivity index (χ2n) is 9.89. The van der Waals surface area contributed by atoms with Gasteiger partial charge >= 0.3 is 24.0 Å². The zero-order valence-electron chi connectivity index (χ0n) is 23.5. The molecular formula is C27H27N7O9S. The number of hydrazone groups is 1. The van der Waals surface area contributed by atoms with Crippen LogP contribution in [0, 0.1) is 6.92 Å². The number of aryl methyl sites for hydroxylation is 1. The molecule has 2 fully saturated rings. The minimum absolute atomic E-state index is 0.00224. The van der Waals surface area contributed by atoms with Gasteiger partial charge in [0.25, 0.3) is 5.91 Å². The minimum atomic E-state index is -1.37. The average Bonchev–Trinajstić information content (AvgIpc) is 3.60. The van der Waals surface area contributed by atoms with E-state index in [0.717, 1.165) is 14.8 Å². The molecule has 0 bridgehead atoms. The van der Waals surface area contributed by atoms with Crippen LogP contribution in [0.3, 0.4) is 0 Å². The predicted octanol–water partition coefficient (Wildman–Crippen LogP) is 0.807. The number of aromatic nitrogens is 1. The third kappa shape index (κ3) is 6.12. The molecule has 3 aliphatic heterocycles. The average molecular weight is 626 g/mol. The van der Waals surface area contributed by atoms with Crippen LogP contribution in [0.4, 0.5) is 9.59 Å². The van der Waals surface area contributed by atoms with E-state index < -0.39 is 53.3 Å². The maximum atomic E-state index is 13.5. The minimum Gasteiger partial charge on any atom is -0.477 e. The van der Waals surface area contributed by atoms with Crippen LogP contribution in [-0.2, 0) is 23.9 Å². The van der Waals surface area contributed by atoms with Gasteiger partial charge in [0.2, 0.25) is 5.91 Å². The van der Waals surface area contributed by atoms with E-state index in [1.54, 1.807) is 43.3 Å². The number of esters is 1. The van der Waals surface area contributed by atoms with Gasteiger partial charge in [-0.25, -0.2) is 24.3 Å². The van der Waals surface area contributed by atoms with Gasteiger partial charge in [-0.3, -0.25) is 19.3 Å². The van der Waals surface area contributed by atoms with Gasteiger partial charge in [0, 0.05) is 24.3 Å². The Labute approximate surface area is 254 Å². The molecule has 1 aromatic heterocycles. The Morgan fingerprint density at radius 1 is 1.23 bits per heavy atom. The highest BCUT2D eigenvalue weighted by Gasteiger charge is 2.54. The van der Waals surface area contributed by atoms with Crippen molar-refractivity contribution in [3.05, 3.63) is 64.7 Å². The van der Waals surface area contributed by atoms with E-state index in [1.165, 1.54) is 24.9 Å². The number of benzene rings is 1. The van der Waals surface area contributed by atoms with Gasteiger partial charge in [0.05, 0.1) is 19.3 Å². The number of hydrogen-bond donors (Lipinski definition) is 3. The third-order valence-electron chi connectivity index (χ3n) is 6.87. The first-order chi connectivity index (χ1) is 21.0. The van der Waals surface area contributed by atoms with Gasteiger partial charge < -0.3 is 25.0 Å². The number of nitrogens with one attached hydrogen (secondary N) is 2. The summed E-state index contributed by atoms with van der Waals surface area (Å²) in [7, 11) is 0. The number of carbonyl (C=O) groups excluding carboxylic acids is 5. The maximum Gasteiger partial charge on any atom is 0.352 e. The van der Waals surface area contributed by atoms with Crippen LogP contribution in [-0.4, -0.2) is 104 Å². The third-order valence-corrected chi connectivity index (χ3v) is 8.21. The Kier molecular flexibility index (Phi) is 8.66. The lowest BCUT2D eigenvalue weighted by Crippen LogP contribution is -2.71. The number of nitrogens with zero attached hydrogens (tertiary/aromatic N) is 5. The van der Waals surface area contributed by atoms with Crippen molar-refractivity contribution in [2.45, 2.75) is 31.3 Å². The number of aliphatic carboxylic acids is 1. The number of rotatable bonds is 9. The van der Waals surface area contributed by atoms with E-state index in [-0.39, 0.29) is 36.7 Å². The molecule has 0 aliphatic carbocycles. The number of imide groups is 1. The molecule has 2 aromatic rings. The summed E-state index contributed by atoms with van der Waals surface area (Å²) in [5.74, 6) is -2.65. The van der Waals surface area contributed by atoms with E-state index in [2.05, 4.69) is 20.9 Å². The maximum absolute atomic E-state index is 13.5. The fourth-order valence-electron chi connectivity index (χ4n) is 4.76. The highest BCUT2D eigenvalue weighted by molar-refractivity contribution is 8.00. The van der Waals surface area contributed by atoms with E-state index in [4.69, 9.17) is 9.26 Å². The van der Waals surface area contributed by atoms with Crippen LogP contribution in [0.25, 0.3) is 0 Å². The fourth-order valence-corrected chi connectivity index (χ4v) is 6.09. The quantitative estimate of drug-likeness (QED) is 0.202. The summed E-state index contributed by atoms with van der Waals surface area (Å²) in [6.07, 6.45) is 1.32. The van der Waals surface area contributed by atoms with Crippen molar-refractivity contribution >= 4 is 53.8 Å². The van der Waals surface area contributed by atoms with E-state index in [1.807, 2.05) is 0 Å². The topological polar surface area (TPSA) is 204 Å². The van der Waals surface area contributed by atoms with Crippen molar-refractivity contribution in [2.24, 2.45) is 5.10 Å². The van der Waals surface area contributed by atoms with E-state index in [9.17, 15) is 33.9 Å². The molecule has 4 heterocycles. The molecule has 17 heteroatoms. The molecule has 16 nitrogen and oxygen atoms in total. The van der Waals surface area contributed by atoms with Crippen molar-refractivity contribution in [1.82, 2.24) is 30.6 Å². The number of thioether (sulfide) groups is 1. The predicted molar refractivity (Wildman–Crippen MR) is 152 cm³/mol. The van der Waals surface area contributed by atoms with Crippen molar-refractivity contribution in [3.8, 4) is 0 Å². The fraction of sp³-hybridized carbons (Fsp3) is 0.333. The zero-order valence-corrected chi connectivity index (χ0v) is 24.3. The number of carbonyl (C=O) groups is 6. The molecule has 2 saturated heterocycles. The largest absolute Gasteiger partial charge is 0.477 e. The summed E-state index contributed by atoms with van der Waals surface area (Å²) >= 11 is 1.20. The Hall–Kier alpha value is -5.19. The number of carboxylic acid groups (broad SMARTS) is 1. The molecule has 230 valence electrons. The molecule has 1 aromatic carbocycles. The molecule has 5 rings (SSSR count). The number of fused-ring (bicyclic) bond motifs is 1. The summed E-state index contributed by atoms with van der Waals surface area (Å²) in [5.41, 5.74) is 0.741. The first-order valence-electron chi connectivity index (χ1n) is 13.3. The lowest BCUT2D eigenvalue weighted by molar-refractivity contribution is -0.151. The van der Waals surface area contributed by atoms with Crippen LogP contribution in [0.1, 0.15) is 30.0 Å². The smallest absolute Gasteiger partial charge is 0.352 e. The number of ether oxygens (including phenoxy) is 1. The number of carboxylic acids is 1. The molecule has 2 unspecified atom stereocenters. The summed E-state index contributed by atoms with van der Waals surface area (Å²) in [4.78, 5) is 77.9. The van der Waals surface area contributed by atoms with Crippen LogP contribution in [0.5, 0.6) is 0 Å².